The summed E-state index contributed by atoms with van der Waals surface area (Å²) in [6.45, 7) is 5.59. The third kappa shape index (κ3) is 3.79. The number of hydrogen-bond donors (Lipinski definition) is 1. The molecule has 1 aromatic carbocycles. The Balaban J connectivity index is 1.93. The lowest BCUT2D eigenvalue weighted by atomic mass is 10.2. The summed E-state index contributed by atoms with van der Waals surface area (Å²) in [6.07, 6.45) is 1.62. The van der Waals surface area contributed by atoms with Crippen molar-refractivity contribution in [3.8, 4) is 5.69 Å². The van der Waals surface area contributed by atoms with E-state index in [9.17, 15) is 9.59 Å². The van der Waals surface area contributed by atoms with E-state index < -0.39 is 5.97 Å². The molecule has 0 radical (unpaired) electrons. The molecule has 140 valence electrons. The van der Waals surface area contributed by atoms with E-state index in [0.29, 0.717) is 5.69 Å². The van der Waals surface area contributed by atoms with Gasteiger partial charge in [-0.25, -0.2) is 4.68 Å². The molecular weight excluding hydrogens is 346 g/mol. The van der Waals surface area contributed by atoms with Crippen LogP contribution in [-0.4, -0.2) is 54.4 Å². The smallest absolute Gasteiger partial charge is 0.305 e. The molecule has 8 nitrogen and oxygen atoms in total. The van der Waals surface area contributed by atoms with Crippen molar-refractivity contribution in [2.24, 2.45) is 0 Å². The van der Waals surface area contributed by atoms with Crippen LogP contribution in [0.15, 0.2) is 36.5 Å². The van der Waals surface area contributed by atoms with E-state index in [4.69, 9.17) is 5.11 Å². The first-order valence-corrected chi connectivity index (χ1v) is 8.68. The summed E-state index contributed by atoms with van der Waals surface area (Å²) in [5.41, 5.74) is 2.47. The largest absolute Gasteiger partial charge is 0.481 e. The number of hydrogen-bond acceptors (Lipinski definition) is 5. The number of nitrogens with zero attached hydrogens (tertiary/aromatic N) is 5. The average Bonchev–Trinajstić information content (AvgIpc) is 3.02. The van der Waals surface area contributed by atoms with Gasteiger partial charge in [-0.05, 0) is 45.0 Å². The van der Waals surface area contributed by atoms with Crippen LogP contribution in [0.5, 0.6) is 0 Å². The van der Waals surface area contributed by atoms with Crippen molar-refractivity contribution in [2.45, 2.75) is 33.2 Å². The Kier molecular flexibility index (Phi) is 5.16. The second kappa shape index (κ2) is 7.53. The fraction of sp³-hybridized carbons (Fsp3) is 0.316. The zero-order valence-corrected chi connectivity index (χ0v) is 15.5. The molecule has 0 saturated carbocycles. The minimum Gasteiger partial charge on any atom is -0.481 e. The Morgan fingerprint density at radius 1 is 1.26 bits per heavy atom. The van der Waals surface area contributed by atoms with Crippen molar-refractivity contribution in [1.29, 1.82) is 0 Å². The SMILES string of the molecule is Cc1c(C(=O)N(CCC(=O)O)C(C)C)nnn1-c1ccc2ncccc2c1. The third-order valence-electron chi connectivity index (χ3n) is 4.38. The standard InChI is InChI=1S/C19H21N5O3/c1-12(2)23(10-8-17(25)26)19(27)18-13(3)24(22-21-18)15-6-7-16-14(11-15)5-4-9-20-16/h4-7,9,11-12H,8,10H2,1-3H3,(H,25,26). The lowest BCUT2D eigenvalue weighted by molar-refractivity contribution is -0.137. The lowest BCUT2D eigenvalue weighted by Gasteiger charge is -2.25. The van der Waals surface area contributed by atoms with Crippen molar-refractivity contribution >= 4 is 22.8 Å². The Labute approximate surface area is 156 Å². The summed E-state index contributed by atoms with van der Waals surface area (Å²) in [7, 11) is 0. The number of benzene rings is 1. The molecule has 8 heteroatoms. The summed E-state index contributed by atoms with van der Waals surface area (Å²) in [5.74, 6) is -1.27. The zero-order chi connectivity index (χ0) is 19.6. The predicted octanol–water partition coefficient (Wildman–Crippen LogP) is 2.45. The molecule has 2 aromatic heterocycles. The van der Waals surface area contributed by atoms with E-state index in [1.807, 2.05) is 44.2 Å². The molecule has 2 heterocycles. The molecule has 0 fully saturated rings. The fourth-order valence-corrected chi connectivity index (χ4v) is 2.91. The Morgan fingerprint density at radius 3 is 2.74 bits per heavy atom. The number of carbonyl (C=O) groups is 2. The van der Waals surface area contributed by atoms with Gasteiger partial charge in [0.05, 0.1) is 23.3 Å². The van der Waals surface area contributed by atoms with Crippen LogP contribution in [0, 0.1) is 6.92 Å². The van der Waals surface area contributed by atoms with Crippen LogP contribution in [0.2, 0.25) is 0 Å². The summed E-state index contributed by atoms with van der Waals surface area (Å²) >= 11 is 0. The predicted molar refractivity (Wildman–Crippen MR) is 99.8 cm³/mol. The quantitative estimate of drug-likeness (QED) is 0.718. The Morgan fingerprint density at radius 2 is 2.04 bits per heavy atom. The van der Waals surface area contributed by atoms with Gasteiger partial charge in [-0.2, -0.15) is 0 Å². The van der Waals surface area contributed by atoms with E-state index in [1.165, 1.54) is 4.90 Å². The first-order valence-electron chi connectivity index (χ1n) is 8.68. The van der Waals surface area contributed by atoms with Gasteiger partial charge in [0.15, 0.2) is 5.69 Å². The van der Waals surface area contributed by atoms with Gasteiger partial charge < -0.3 is 10.0 Å². The third-order valence-corrected chi connectivity index (χ3v) is 4.38. The summed E-state index contributed by atoms with van der Waals surface area (Å²) in [5, 5.41) is 18.1. The highest BCUT2D eigenvalue weighted by atomic mass is 16.4. The molecule has 0 saturated heterocycles. The number of aliphatic carboxylic acids is 1. The number of fused-ring (bicyclic) bond motifs is 1. The first kappa shape index (κ1) is 18.5. The van der Waals surface area contributed by atoms with Crippen LogP contribution in [-0.2, 0) is 4.79 Å². The van der Waals surface area contributed by atoms with Gasteiger partial charge >= 0.3 is 5.97 Å². The highest BCUT2D eigenvalue weighted by Gasteiger charge is 2.25. The molecule has 1 N–H and O–H groups in total. The van der Waals surface area contributed by atoms with E-state index in [-0.39, 0.29) is 30.6 Å². The highest BCUT2D eigenvalue weighted by Crippen LogP contribution is 2.19. The number of aromatic nitrogens is 4. The molecule has 0 unspecified atom stereocenters. The van der Waals surface area contributed by atoms with Crippen molar-refractivity contribution in [2.75, 3.05) is 6.54 Å². The first-order chi connectivity index (χ1) is 12.9. The molecule has 0 atom stereocenters. The van der Waals surface area contributed by atoms with Gasteiger partial charge in [-0.1, -0.05) is 11.3 Å². The second-order valence-electron chi connectivity index (χ2n) is 6.55. The van der Waals surface area contributed by atoms with Crippen LogP contribution >= 0.6 is 0 Å². The Hall–Kier alpha value is -3.29. The summed E-state index contributed by atoms with van der Waals surface area (Å²) in [4.78, 5) is 29.6. The molecule has 0 spiro atoms. The van der Waals surface area contributed by atoms with Gasteiger partial charge in [0.25, 0.3) is 5.91 Å². The number of pyridine rings is 1. The van der Waals surface area contributed by atoms with Crippen LogP contribution in [0.4, 0.5) is 0 Å². The fourth-order valence-electron chi connectivity index (χ4n) is 2.91. The molecule has 0 aliphatic heterocycles. The van der Waals surface area contributed by atoms with E-state index in [1.54, 1.807) is 17.8 Å². The van der Waals surface area contributed by atoms with Crippen molar-refractivity contribution in [3.05, 3.63) is 47.9 Å². The van der Waals surface area contributed by atoms with Crippen molar-refractivity contribution in [3.63, 3.8) is 0 Å². The topological polar surface area (TPSA) is 101 Å². The Bertz CT molecular complexity index is 996. The maximum absolute atomic E-state index is 12.9. The van der Waals surface area contributed by atoms with Crippen molar-refractivity contribution in [1.82, 2.24) is 24.9 Å². The van der Waals surface area contributed by atoms with Gasteiger partial charge in [0, 0.05) is 24.2 Å². The van der Waals surface area contributed by atoms with Crippen LogP contribution in [0.25, 0.3) is 16.6 Å². The highest BCUT2D eigenvalue weighted by molar-refractivity contribution is 5.93. The molecule has 3 rings (SSSR count). The van der Waals surface area contributed by atoms with Gasteiger partial charge in [0.1, 0.15) is 0 Å². The molecule has 0 aliphatic rings. The molecule has 3 aromatic rings. The number of carboxylic acids is 1. The maximum Gasteiger partial charge on any atom is 0.305 e. The maximum atomic E-state index is 12.9. The molecule has 0 aliphatic carbocycles. The van der Waals surface area contributed by atoms with E-state index in [0.717, 1.165) is 16.6 Å². The lowest BCUT2D eigenvalue weighted by Crippen LogP contribution is -2.39. The zero-order valence-electron chi connectivity index (χ0n) is 15.5. The van der Waals surface area contributed by atoms with Gasteiger partial charge in [-0.3, -0.25) is 14.6 Å². The number of carbonyl (C=O) groups excluding carboxylic acids is 1. The van der Waals surface area contributed by atoms with Gasteiger partial charge in [-0.15, -0.1) is 5.10 Å². The molecule has 0 bridgehead atoms. The molecular formula is C19H21N5O3. The summed E-state index contributed by atoms with van der Waals surface area (Å²) < 4.78 is 1.61. The monoisotopic (exact) mass is 367 g/mol. The minimum absolute atomic E-state index is 0.116. The number of carboxylic acid groups (broad SMARTS) is 1. The van der Waals surface area contributed by atoms with Gasteiger partial charge in [0.2, 0.25) is 0 Å². The van der Waals surface area contributed by atoms with Crippen LogP contribution in [0.3, 0.4) is 0 Å². The minimum atomic E-state index is -0.946. The van der Waals surface area contributed by atoms with Crippen LogP contribution < -0.4 is 0 Å². The second-order valence-corrected chi connectivity index (χ2v) is 6.55. The van der Waals surface area contributed by atoms with E-state index >= 15 is 0 Å². The van der Waals surface area contributed by atoms with Crippen LogP contribution in [0.1, 0.15) is 36.5 Å². The van der Waals surface area contributed by atoms with E-state index in [2.05, 4.69) is 15.3 Å². The normalized spacial score (nSPS) is 11.1. The molecule has 27 heavy (non-hydrogen) atoms. The summed E-state index contributed by atoms with van der Waals surface area (Å²) in [6, 6.07) is 9.36. The average molecular weight is 367 g/mol. The number of rotatable bonds is 6. The van der Waals surface area contributed by atoms with Crippen molar-refractivity contribution < 1.29 is 14.7 Å². The molecule has 1 amide bonds. The number of amides is 1.